The van der Waals surface area contributed by atoms with Crippen molar-refractivity contribution in [2.75, 3.05) is 6.61 Å². The lowest BCUT2D eigenvalue weighted by Crippen LogP contribution is -2.22. The predicted molar refractivity (Wildman–Crippen MR) is 59.1 cm³/mol. The van der Waals surface area contributed by atoms with Gasteiger partial charge in [-0.2, -0.15) is 0 Å². The Kier molecular flexibility index (Phi) is 1.94. The number of aliphatic hydroxyl groups excluding tert-OH is 1. The summed E-state index contributed by atoms with van der Waals surface area (Å²) in [5, 5.41) is 11.1. The van der Waals surface area contributed by atoms with Crippen molar-refractivity contribution in [1.82, 2.24) is 0 Å². The fourth-order valence-electron chi connectivity index (χ4n) is 3.19. The van der Waals surface area contributed by atoms with Gasteiger partial charge in [0, 0.05) is 10.5 Å². The first-order chi connectivity index (χ1) is 6.22. The Morgan fingerprint density at radius 1 is 1.23 bits per heavy atom. The van der Waals surface area contributed by atoms with Gasteiger partial charge in [-0.15, -0.1) is 23.5 Å². The Hall–Kier alpha value is 0.660. The first-order valence-electron chi connectivity index (χ1n) is 5.18. The summed E-state index contributed by atoms with van der Waals surface area (Å²) in [6.07, 6.45) is 4.40. The summed E-state index contributed by atoms with van der Waals surface area (Å²) in [6, 6.07) is 0. The van der Waals surface area contributed by atoms with E-state index in [1.807, 2.05) is 0 Å². The third-order valence-electron chi connectivity index (χ3n) is 3.82. The van der Waals surface area contributed by atoms with Gasteiger partial charge in [0.15, 0.2) is 0 Å². The van der Waals surface area contributed by atoms with Gasteiger partial charge in [0.05, 0.1) is 10.7 Å². The van der Waals surface area contributed by atoms with Gasteiger partial charge in [-0.1, -0.05) is 0 Å². The molecule has 0 aromatic rings. The molecule has 1 heterocycles. The fourth-order valence-corrected chi connectivity index (χ4v) is 7.31. The molecule has 13 heavy (non-hydrogen) atoms. The molecule has 3 fully saturated rings. The maximum atomic E-state index is 9.33. The van der Waals surface area contributed by atoms with Crippen molar-refractivity contribution in [1.29, 1.82) is 0 Å². The fraction of sp³-hybridized carbons (Fsp3) is 1.00. The summed E-state index contributed by atoms with van der Waals surface area (Å²) >= 11 is 4.12. The number of thioether (sulfide) groups is 2. The maximum Gasteiger partial charge on any atom is 0.0819 e. The minimum atomic E-state index is 0.122. The molecule has 0 spiro atoms. The standard InChI is InChI=1S/C10H16OS2/c1-10(5-11)12-8-6-2-3-7(4-6)9(8)13-10/h6-9,11H,2-5H2,1H3. The molecule has 4 atom stereocenters. The highest BCUT2D eigenvalue weighted by Crippen LogP contribution is 2.65. The van der Waals surface area contributed by atoms with Crippen LogP contribution in [0.25, 0.3) is 0 Å². The molecule has 2 aliphatic carbocycles. The minimum Gasteiger partial charge on any atom is -0.394 e. The molecule has 1 N–H and O–H groups in total. The Morgan fingerprint density at radius 3 is 2.23 bits per heavy atom. The average molecular weight is 216 g/mol. The molecule has 0 amide bonds. The second-order valence-electron chi connectivity index (χ2n) is 4.79. The Morgan fingerprint density at radius 2 is 1.77 bits per heavy atom. The van der Waals surface area contributed by atoms with Gasteiger partial charge in [-0.05, 0) is 38.0 Å². The van der Waals surface area contributed by atoms with Crippen LogP contribution < -0.4 is 0 Å². The van der Waals surface area contributed by atoms with Crippen molar-refractivity contribution in [3.05, 3.63) is 0 Å². The summed E-state index contributed by atoms with van der Waals surface area (Å²) in [6.45, 7) is 2.55. The van der Waals surface area contributed by atoms with E-state index in [4.69, 9.17) is 0 Å². The van der Waals surface area contributed by atoms with Crippen LogP contribution in [-0.2, 0) is 0 Å². The van der Waals surface area contributed by atoms with Crippen LogP contribution in [0.2, 0.25) is 0 Å². The molecule has 1 nitrogen and oxygen atoms in total. The van der Waals surface area contributed by atoms with Gasteiger partial charge >= 0.3 is 0 Å². The van der Waals surface area contributed by atoms with Crippen molar-refractivity contribution in [3.8, 4) is 0 Å². The van der Waals surface area contributed by atoms with Crippen LogP contribution >= 0.6 is 23.5 Å². The van der Waals surface area contributed by atoms with E-state index < -0.39 is 0 Å². The van der Waals surface area contributed by atoms with E-state index in [2.05, 4.69) is 30.4 Å². The molecule has 2 bridgehead atoms. The van der Waals surface area contributed by atoms with Crippen LogP contribution in [-0.4, -0.2) is 26.3 Å². The van der Waals surface area contributed by atoms with Gasteiger partial charge in [0.2, 0.25) is 0 Å². The van der Waals surface area contributed by atoms with Crippen LogP contribution in [0.5, 0.6) is 0 Å². The molecule has 0 aromatic heterocycles. The molecule has 3 rings (SSSR count). The topological polar surface area (TPSA) is 20.2 Å². The molecule has 2 saturated carbocycles. The number of fused-ring (bicyclic) bond motifs is 5. The summed E-state index contributed by atoms with van der Waals surface area (Å²) in [5.74, 6) is 1.97. The van der Waals surface area contributed by atoms with E-state index in [-0.39, 0.29) is 4.08 Å². The van der Waals surface area contributed by atoms with Crippen LogP contribution in [0.15, 0.2) is 0 Å². The molecule has 0 radical (unpaired) electrons. The van der Waals surface area contributed by atoms with Crippen molar-refractivity contribution < 1.29 is 5.11 Å². The highest BCUT2D eigenvalue weighted by atomic mass is 32.2. The van der Waals surface area contributed by atoms with Crippen molar-refractivity contribution >= 4 is 23.5 Å². The van der Waals surface area contributed by atoms with Crippen LogP contribution in [0.3, 0.4) is 0 Å². The quantitative estimate of drug-likeness (QED) is 0.726. The molecule has 3 aliphatic rings. The minimum absolute atomic E-state index is 0.122. The highest BCUT2D eigenvalue weighted by Gasteiger charge is 2.56. The van der Waals surface area contributed by atoms with E-state index in [0.717, 1.165) is 22.3 Å². The Bertz CT molecular complexity index is 213. The second-order valence-corrected chi connectivity index (χ2v) is 8.41. The first-order valence-corrected chi connectivity index (χ1v) is 6.94. The number of hydrogen-bond donors (Lipinski definition) is 1. The number of hydrogen-bond acceptors (Lipinski definition) is 3. The lowest BCUT2D eigenvalue weighted by Gasteiger charge is -2.21. The molecule has 1 aliphatic heterocycles. The van der Waals surface area contributed by atoms with Crippen LogP contribution in [0.4, 0.5) is 0 Å². The van der Waals surface area contributed by atoms with Crippen molar-refractivity contribution in [2.45, 2.75) is 40.8 Å². The SMILES string of the molecule is CC1(CO)SC2C3CCC(C3)C2S1. The number of rotatable bonds is 1. The van der Waals surface area contributed by atoms with Gasteiger partial charge < -0.3 is 5.11 Å². The van der Waals surface area contributed by atoms with E-state index in [0.29, 0.717) is 6.61 Å². The molecule has 1 saturated heterocycles. The van der Waals surface area contributed by atoms with E-state index in [9.17, 15) is 5.11 Å². The lowest BCUT2D eigenvalue weighted by atomic mass is 10.00. The molecule has 4 unspecified atom stereocenters. The van der Waals surface area contributed by atoms with Crippen LogP contribution in [0.1, 0.15) is 26.2 Å². The van der Waals surface area contributed by atoms with Gasteiger partial charge in [-0.25, -0.2) is 0 Å². The molecule has 74 valence electrons. The normalized spacial score (nSPS) is 58.6. The summed E-state index contributed by atoms with van der Waals surface area (Å²) in [5.41, 5.74) is 0. The molecule has 0 aromatic carbocycles. The summed E-state index contributed by atoms with van der Waals surface area (Å²) < 4.78 is 0.122. The largest absolute Gasteiger partial charge is 0.394 e. The Balaban J connectivity index is 1.83. The van der Waals surface area contributed by atoms with Gasteiger partial charge in [0.25, 0.3) is 0 Å². The predicted octanol–water partition coefficient (Wildman–Crippen LogP) is 2.34. The smallest absolute Gasteiger partial charge is 0.0819 e. The summed E-state index contributed by atoms with van der Waals surface area (Å²) in [7, 11) is 0. The third kappa shape index (κ3) is 1.20. The van der Waals surface area contributed by atoms with Crippen molar-refractivity contribution in [2.24, 2.45) is 11.8 Å². The third-order valence-corrected chi connectivity index (χ3v) is 7.73. The molecule has 3 heteroatoms. The van der Waals surface area contributed by atoms with E-state index >= 15 is 0 Å². The van der Waals surface area contributed by atoms with Crippen LogP contribution in [0, 0.1) is 11.8 Å². The summed E-state index contributed by atoms with van der Waals surface area (Å²) in [4.78, 5) is 0. The zero-order valence-corrected chi connectivity index (χ0v) is 9.53. The average Bonchev–Trinajstić information content (AvgIpc) is 2.73. The highest BCUT2D eigenvalue weighted by molar-refractivity contribution is 8.22. The number of aliphatic hydroxyl groups is 1. The van der Waals surface area contributed by atoms with Gasteiger partial charge in [0.1, 0.15) is 0 Å². The first kappa shape index (κ1) is 8.93. The van der Waals surface area contributed by atoms with E-state index in [1.165, 1.54) is 19.3 Å². The Labute approximate surface area is 88.0 Å². The van der Waals surface area contributed by atoms with Gasteiger partial charge in [-0.3, -0.25) is 0 Å². The molecular weight excluding hydrogens is 200 g/mol. The van der Waals surface area contributed by atoms with E-state index in [1.54, 1.807) is 0 Å². The zero-order valence-electron chi connectivity index (χ0n) is 7.90. The lowest BCUT2D eigenvalue weighted by molar-refractivity contribution is 0.291. The monoisotopic (exact) mass is 216 g/mol. The molecular formula is C10H16OS2. The second kappa shape index (κ2) is 2.83. The maximum absolute atomic E-state index is 9.33. The zero-order chi connectivity index (χ0) is 9.05. The van der Waals surface area contributed by atoms with Crippen molar-refractivity contribution in [3.63, 3.8) is 0 Å².